The van der Waals surface area contributed by atoms with Crippen molar-refractivity contribution in [2.75, 3.05) is 36.1 Å². The standard InChI is InChI=1S/C31H33N5OS/c1-22-20-27(23(2)35(22)21-24-8-4-3-5-9-24)30-29(28-10-6-7-15-32-28)33-31(38)36(30)26-13-11-25(12-14-26)34-16-18-37-19-17-34/h3-15,20,29-30H,16-19,21H2,1-2H3,(H,33,38)/t29-,30+/m1/s1. The van der Waals surface area contributed by atoms with E-state index in [-0.39, 0.29) is 12.1 Å². The number of nitrogens with one attached hydrogen (secondary N) is 1. The summed E-state index contributed by atoms with van der Waals surface area (Å²) in [6.45, 7) is 8.63. The lowest BCUT2D eigenvalue weighted by Crippen LogP contribution is -2.36. The third kappa shape index (κ3) is 4.68. The highest BCUT2D eigenvalue weighted by Crippen LogP contribution is 2.43. The molecule has 1 N–H and O–H groups in total. The van der Waals surface area contributed by atoms with E-state index >= 15 is 0 Å². The number of rotatable bonds is 6. The van der Waals surface area contributed by atoms with E-state index < -0.39 is 0 Å². The number of aromatic nitrogens is 2. The Bertz CT molecular complexity index is 1400. The Labute approximate surface area is 229 Å². The third-order valence-corrected chi connectivity index (χ3v) is 8.03. The van der Waals surface area contributed by atoms with Gasteiger partial charge in [0, 0.05) is 48.6 Å². The maximum Gasteiger partial charge on any atom is 0.174 e. The molecule has 0 saturated carbocycles. The molecule has 0 amide bonds. The molecule has 2 saturated heterocycles. The van der Waals surface area contributed by atoms with E-state index in [1.807, 2.05) is 18.3 Å². The van der Waals surface area contributed by atoms with Crippen LogP contribution in [0.2, 0.25) is 0 Å². The van der Waals surface area contributed by atoms with Gasteiger partial charge in [0.2, 0.25) is 0 Å². The summed E-state index contributed by atoms with van der Waals surface area (Å²) in [5, 5.41) is 4.33. The van der Waals surface area contributed by atoms with Crippen molar-refractivity contribution in [1.82, 2.24) is 14.9 Å². The number of morpholine rings is 1. The second-order valence-corrected chi connectivity index (χ2v) is 10.4. The number of hydrogen-bond acceptors (Lipinski definition) is 4. The second-order valence-electron chi connectivity index (χ2n) is 10.0. The van der Waals surface area contributed by atoms with Gasteiger partial charge in [-0.1, -0.05) is 36.4 Å². The van der Waals surface area contributed by atoms with Crippen molar-refractivity contribution >= 4 is 28.7 Å². The molecule has 0 bridgehead atoms. The molecule has 0 spiro atoms. The van der Waals surface area contributed by atoms with Crippen LogP contribution in [-0.2, 0) is 11.3 Å². The molecule has 2 aliphatic rings. The van der Waals surface area contributed by atoms with E-state index in [2.05, 4.69) is 100 Å². The van der Waals surface area contributed by atoms with Crippen molar-refractivity contribution in [2.45, 2.75) is 32.5 Å². The second kappa shape index (κ2) is 10.6. The first-order valence-corrected chi connectivity index (χ1v) is 13.6. The van der Waals surface area contributed by atoms with Crippen LogP contribution >= 0.6 is 12.2 Å². The molecular formula is C31H33N5OS. The topological polar surface area (TPSA) is 45.6 Å². The molecular weight excluding hydrogens is 490 g/mol. The molecule has 4 heterocycles. The van der Waals surface area contributed by atoms with Crippen LogP contribution in [0.3, 0.4) is 0 Å². The molecule has 2 aliphatic heterocycles. The maximum atomic E-state index is 5.98. The summed E-state index contributed by atoms with van der Waals surface area (Å²) in [5.74, 6) is 0. The number of thiocarbonyl (C=S) groups is 1. The van der Waals surface area contributed by atoms with E-state index in [1.54, 1.807) is 0 Å². The lowest BCUT2D eigenvalue weighted by molar-refractivity contribution is 0.122. The number of pyridine rings is 1. The predicted octanol–water partition coefficient (Wildman–Crippen LogP) is 5.56. The summed E-state index contributed by atoms with van der Waals surface area (Å²) < 4.78 is 7.94. The first-order valence-electron chi connectivity index (χ1n) is 13.2. The molecule has 0 unspecified atom stereocenters. The summed E-state index contributed by atoms with van der Waals surface area (Å²) >= 11 is 5.98. The quantitative estimate of drug-likeness (QED) is 0.334. The Kier molecular flexibility index (Phi) is 6.87. The Hall–Kier alpha value is -3.68. The monoisotopic (exact) mass is 523 g/mol. The molecule has 4 aromatic rings. The molecule has 2 aromatic heterocycles. The fraction of sp³-hybridized carbons (Fsp3) is 0.290. The minimum atomic E-state index is -0.0618. The minimum absolute atomic E-state index is 0.0256. The van der Waals surface area contributed by atoms with Gasteiger partial charge in [-0.05, 0) is 79.7 Å². The van der Waals surface area contributed by atoms with E-state index in [0.717, 1.165) is 49.3 Å². The van der Waals surface area contributed by atoms with Crippen molar-refractivity contribution in [2.24, 2.45) is 0 Å². The largest absolute Gasteiger partial charge is 0.378 e. The van der Waals surface area contributed by atoms with Crippen molar-refractivity contribution in [3.8, 4) is 0 Å². The van der Waals surface area contributed by atoms with Gasteiger partial charge >= 0.3 is 0 Å². The summed E-state index contributed by atoms with van der Waals surface area (Å²) in [6.07, 6.45) is 1.86. The van der Waals surface area contributed by atoms with Gasteiger partial charge < -0.3 is 24.4 Å². The molecule has 6 rings (SSSR count). The molecule has 2 aromatic carbocycles. The number of ether oxygens (including phenoxy) is 1. The van der Waals surface area contributed by atoms with Gasteiger partial charge in [0.25, 0.3) is 0 Å². The van der Waals surface area contributed by atoms with E-state index in [1.165, 1.54) is 28.2 Å². The fourth-order valence-corrected chi connectivity index (χ4v) is 6.08. The highest BCUT2D eigenvalue weighted by molar-refractivity contribution is 7.80. The van der Waals surface area contributed by atoms with Gasteiger partial charge in [0.1, 0.15) is 0 Å². The van der Waals surface area contributed by atoms with Gasteiger partial charge in [0.15, 0.2) is 5.11 Å². The average Bonchev–Trinajstić information content (AvgIpc) is 3.45. The van der Waals surface area contributed by atoms with Crippen molar-refractivity contribution in [3.63, 3.8) is 0 Å². The first kappa shape index (κ1) is 24.6. The Morgan fingerprint density at radius 1 is 0.921 bits per heavy atom. The fourth-order valence-electron chi connectivity index (χ4n) is 5.73. The number of anilines is 2. The van der Waals surface area contributed by atoms with Crippen LogP contribution < -0.4 is 15.1 Å². The molecule has 0 radical (unpaired) electrons. The number of nitrogens with zero attached hydrogens (tertiary/aromatic N) is 4. The van der Waals surface area contributed by atoms with Gasteiger partial charge in [0.05, 0.1) is 31.0 Å². The highest BCUT2D eigenvalue weighted by Gasteiger charge is 2.42. The lowest BCUT2D eigenvalue weighted by atomic mass is 9.96. The summed E-state index contributed by atoms with van der Waals surface area (Å²) in [4.78, 5) is 9.37. The van der Waals surface area contributed by atoms with E-state index in [9.17, 15) is 0 Å². The van der Waals surface area contributed by atoms with Crippen molar-refractivity contribution in [1.29, 1.82) is 0 Å². The molecule has 194 valence electrons. The van der Waals surface area contributed by atoms with Crippen molar-refractivity contribution < 1.29 is 4.74 Å². The molecule has 2 atom stereocenters. The molecule has 7 heteroatoms. The molecule has 2 fully saturated rings. The highest BCUT2D eigenvalue weighted by atomic mass is 32.1. The van der Waals surface area contributed by atoms with E-state index in [0.29, 0.717) is 0 Å². The van der Waals surface area contributed by atoms with Crippen LogP contribution in [0.1, 0.15) is 40.3 Å². The Morgan fingerprint density at radius 3 is 2.34 bits per heavy atom. The predicted molar refractivity (Wildman–Crippen MR) is 157 cm³/mol. The van der Waals surface area contributed by atoms with Crippen molar-refractivity contribution in [3.05, 3.63) is 113 Å². The zero-order chi connectivity index (χ0) is 26.1. The van der Waals surface area contributed by atoms with Crippen LogP contribution in [0.4, 0.5) is 11.4 Å². The van der Waals surface area contributed by atoms with Crippen LogP contribution in [0.25, 0.3) is 0 Å². The minimum Gasteiger partial charge on any atom is -0.378 e. The summed E-state index contributed by atoms with van der Waals surface area (Å²) in [6, 6.07) is 27.7. The summed E-state index contributed by atoms with van der Waals surface area (Å²) in [7, 11) is 0. The zero-order valence-electron chi connectivity index (χ0n) is 21.9. The van der Waals surface area contributed by atoms with Crippen LogP contribution in [0.15, 0.2) is 85.1 Å². The van der Waals surface area contributed by atoms with Gasteiger partial charge in [-0.25, -0.2) is 0 Å². The van der Waals surface area contributed by atoms with Crippen LogP contribution in [-0.4, -0.2) is 41.0 Å². The number of benzene rings is 2. The van der Waals surface area contributed by atoms with Crippen LogP contribution in [0.5, 0.6) is 0 Å². The van der Waals surface area contributed by atoms with Gasteiger partial charge in [-0.15, -0.1) is 0 Å². The smallest absolute Gasteiger partial charge is 0.174 e. The zero-order valence-corrected chi connectivity index (χ0v) is 22.7. The Morgan fingerprint density at radius 2 is 1.63 bits per heavy atom. The number of hydrogen-bond donors (Lipinski definition) is 1. The molecule has 6 nitrogen and oxygen atoms in total. The third-order valence-electron chi connectivity index (χ3n) is 7.72. The van der Waals surface area contributed by atoms with E-state index in [4.69, 9.17) is 21.9 Å². The molecule has 38 heavy (non-hydrogen) atoms. The normalized spacial score (nSPS) is 19.6. The number of aryl methyl sites for hydroxylation is 1. The maximum absolute atomic E-state index is 5.98. The van der Waals surface area contributed by atoms with Gasteiger partial charge in [-0.3, -0.25) is 4.98 Å². The van der Waals surface area contributed by atoms with Gasteiger partial charge in [-0.2, -0.15) is 0 Å². The van der Waals surface area contributed by atoms with Crippen LogP contribution in [0, 0.1) is 13.8 Å². The lowest BCUT2D eigenvalue weighted by Gasteiger charge is -2.31. The average molecular weight is 524 g/mol. The SMILES string of the molecule is Cc1cc([C@H]2[C@@H](c3ccccn3)NC(=S)N2c2ccc(N3CCOCC3)cc2)c(C)n1Cc1ccccc1. The summed E-state index contributed by atoms with van der Waals surface area (Å²) in [5.41, 5.74) is 8.32. The molecule has 0 aliphatic carbocycles. The Balaban J connectivity index is 1.39. The first-order chi connectivity index (χ1) is 18.6.